The van der Waals surface area contributed by atoms with Gasteiger partial charge < -0.3 is 0 Å². The van der Waals surface area contributed by atoms with Gasteiger partial charge in [0.05, 0.1) is 13.2 Å². The molecule has 0 saturated carbocycles. The predicted octanol–water partition coefficient (Wildman–Crippen LogP) is 7.24. The first-order valence-corrected chi connectivity index (χ1v) is 15.6. The number of phosphoric ester groups is 1. The normalized spacial score (nSPS) is 14.5. The second-order valence-electron chi connectivity index (χ2n) is 5.49. The van der Waals surface area contributed by atoms with E-state index in [1.807, 2.05) is 0 Å². The van der Waals surface area contributed by atoms with Crippen LogP contribution in [0.3, 0.4) is 0 Å². The van der Waals surface area contributed by atoms with Crippen LogP contribution in [0.4, 0.5) is 0 Å². The minimum atomic E-state index is -3.89. The number of halogens is 7. The van der Waals surface area contributed by atoms with E-state index in [0.717, 1.165) is 0 Å². The fourth-order valence-electron chi connectivity index (χ4n) is 1.14. The summed E-state index contributed by atoms with van der Waals surface area (Å²) in [5, 5.41) is 3.81. The van der Waals surface area contributed by atoms with E-state index in [9.17, 15) is 4.57 Å². The molecule has 0 fully saturated rings. The third-order valence-corrected chi connectivity index (χ3v) is 12.1. The van der Waals surface area contributed by atoms with Crippen molar-refractivity contribution >= 4 is 115 Å². The molecule has 0 aliphatic heterocycles. The van der Waals surface area contributed by atoms with Crippen LogP contribution in [0, 0.1) is 10.8 Å². The lowest BCUT2D eigenvalue weighted by atomic mass is 9.98. The lowest BCUT2D eigenvalue weighted by molar-refractivity contribution is 0.0723. The van der Waals surface area contributed by atoms with Gasteiger partial charge in [-0.3, -0.25) is 13.6 Å². The topological polar surface area (TPSA) is 44.8 Å². The minimum absolute atomic E-state index is 0.150. The first-order valence-electron chi connectivity index (χ1n) is 6.94. The summed E-state index contributed by atoms with van der Waals surface area (Å²) in [6.45, 7) is 3.82. The first kappa shape index (κ1) is 28.0. The van der Waals surface area contributed by atoms with E-state index in [4.69, 9.17) is 25.2 Å². The van der Waals surface area contributed by atoms with Gasteiger partial charge in [0, 0.05) is 42.8 Å². The fourth-order valence-corrected chi connectivity index (χ4v) is 9.37. The summed E-state index contributed by atoms with van der Waals surface area (Å²) in [4.78, 5) is 0. The summed E-state index contributed by atoms with van der Waals surface area (Å²) >= 11 is 26.7. The minimum Gasteiger partial charge on any atom is -0.286 e. The van der Waals surface area contributed by atoms with Gasteiger partial charge >= 0.3 is 7.82 Å². The maximum Gasteiger partial charge on any atom is 0.476 e. The van der Waals surface area contributed by atoms with Gasteiger partial charge in [0.1, 0.15) is 0 Å². The molecule has 0 amide bonds. The number of rotatable bonds is 15. The van der Waals surface area contributed by atoms with E-state index in [1.54, 1.807) is 0 Å². The predicted molar refractivity (Wildman–Crippen MR) is 128 cm³/mol. The van der Waals surface area contributed by atoms with Gasteiger partial charge in [0.15, 0.2) is 5.56 Å². The zero-order chi connectivity index (χ0) is 19.6. The van der Waals surface area contributed by atoms with Crippen LogP contribution in [-0.2, 0) is 18.1 Å². The Hall–Kier alpha value is 3.02. The highest BCUT2D eigenvalue weighted by molar-refractivity contribution is 9.10. The molecule has 25 heavy (non-hydrogen) atoms. The van der Waals surface area contributed by atoms with E-state index >= 15 is 0 Å². The SMILES string of the molecule is C=CC(Cl)OP(=O)(OCC(CBr)(CBr)CBr)OCC(CBr)(CBr)CBr. The molecule has 0 aromatic heterocycles. The molecule has 1 unspecified atom stereocenters. The molecule has 12 heteroatoms. The van der Waals surface area contributed by atoms with Crippen molar-refractivity contribution < 1.29 is 18.1 Å². The van der Waals surface area contributed by atoms with Crippen LogP contribution < -0.4 is 0 Å². The van der Waals surface area contributed by atoms with Crippen molar-refractivity contribution in [1.29, 1.82) is 0 Å². The summed E-state index contributed by atoms with van der Waals surface area (Å²) in [5.41, 5.74) is -1.60. The van der Waals surface area contributed by atoms with E-state index in [2.05, 4.69) is 102 Å². The second kappa shape index (κ2) is 14.1. The molecule has 0 rings (SSSR count). The summed E-state index contributed by atoms with van der Waals surface area (Å²) < 4.78 is 29.6. The van der Waals surface area contributed by atoms with Crippen molar-refractivity contribution in [3.05, 3.63) is 12.7 Å². The van der Waals surface area contributed by atoms with Crippen LogP contribution in [0.2, 0.25) is 0 Å². The van der Waals surface area contributed by atoms with Crippen molar-refractivity contribution in [2.24, 2.45) is 10.8 Å². The average Bonchev–Trinajstić information content (AvgIpc) is 2.65. The van der Waals surface area contributed by atoms with Gasteiger partial charge in [-0.1, -0.05) is 114 Å². The molecule has 0 radical (unpaired) electrons. The fraction of sp³-hybridized carbons (Fsp3) is 0.846. The molecular weight excluding hydrogens is 766 g/mol. The highest BCUT2D eigenvalue weighted by atomic mass is 79.9. The molecule has 0 N–H and O–H groups in total. The molecule has 0 aromatic carbocycles. The van der Waals surface area contributed by atoms with Crippen molar-refractivity contribution in [1.82, 2.24) is 0 Å². The zero-order valence-corrected chi connectivity index (χ0v) is 24.4. The monoisotopic (exact) mass is 780 g/mol. The maximum absolute atomic E-state index is 13.1. The van der Waals surface area contributed by atoms with Crippen LogP contribution in [-0.4, -0.2) is 50.8 Å². The molecule has 1 atom stereocenters. The molecule has 0 aliphatic carbocycles. The third kappa shape index (κ3) is 9.58. The van der Waals surface area contributed by atoms with Crippen LogP contribution in [0.25, 0.3) is 0 Å². The Morgan fingerprint density at radius 3 is 1.44 bits per heavy atom. The standard InChI is InChI=1S/C13H20Br6ClO4P/c1-2-11(20)24-25(21,22-9-12(3-14,4-15)5-16)23-10-13(6-17,7-18)8-19/h2,11H,1,3-10H2. The first-order chi connectivity index (χ1) is 11.7. The molecule has 0 saturated heterocycles. The maximum atomic E-state index is 13.1. The van der Waals surface area contributed by atoms with Gasteiger partial charge in [-0.15, -0.1) is 0 Å². The summed E-state index contributed by atoms with van der Waals surface area (Å²) in [7, 11) is -3.89. The van der Waals surface area contributed by atoms with Crippen LogP contribution >= 0.6 is 115 Å². The number of hydrogen-bond acceptors (Lipinski definition) is 4. The summed E-state index contributed by atoms with van der Waals surface area (Å²) in [5.74, 6) is 0. The molecular formula is C13H20Br6ClO4P. The molecule has 4 nitrogen and oxygen atoms in total. The number of hydrogen-bond donors (Lipinski definition) is 0. The smallest absolute Gasteiger partial charge is 0.286 e. The van der Waals surface area contributed by atoms with Crippen molar-refractivity contribution in [2.75, 3.05) is 45.2 Å². The Kier molecular flexibility index (Phi) is 15.8. The number of alkyl halides is 7. The lowest BCUT2D eigenvalue weighted by Gasteiger charge is -2.32. The van der Waals surface area contributed by atoms with Crippen LogP contribution in [0.1, 0.15) is 0 Å². The molecule has 0 bridgehead atoms. The van der Waals surface area contributed by atoms with Crippen molar-refractivity contribution in [2.45, 2.75) is 5.56 Å². The van der Waals surface area contributed by atoms with Crippen molar-refractivity contribution in [3.63, 3.8) is 0 Å². The van der Waals surface area contributed by atoms with Crippen molar-refractivity contribution in [3.8, 4) is 0 Å². The largest absolute Gasteiger partial charge is 0.476 e. The molecule has 0 spiro atoms. The van der Waals surface area contributed by atoms with E-state index < -0.39 is 13.4 Å². The van der Waals surface area contributed by atoms with Gasteiger partial charge in [-0.2, -0.15) is 0 Å². The molecule has 0 heterocycles. The Morgan fingerprint density at radius 1 is 0.880 bits per heavy atom. The molecule has 0 aliphatic rings. The Morgan fingerprint density at radius 2 is 1.20 bits per heavy atom. The highest BCUT2D eigenvalue weighted by Crippen LogP contribution is 2.53. The van der Waals surface area contributed by atoms with E-state index in [-0.39, 0.29) is 24.0 Å². The Labute approximate surface area is 205 Å². The van der Waals surface area contributed by atoms with E-state index in [1.165, 1.54) is 6.08 Å². The second-order valence-corrected chi connectivity index (χ2v) is 10.9. The van der Waals surface area contributed by atoms with Gasteiger partial charge in [-0.25, -0.2) is 4.57 Å². The average molecular weight is 786 g/mol. The lowest BCUT2D eigenvalue weighted by Crippen LogP contribution is -2.34. The summed E-state index contributed by atoms with van der Waals surface area (Å²) in [6, 6.07) is 0. The zero-order valence-electron chi connectivity index (χ0n) is 13.2. The Bertz CT molecular complexity index is 392. The van der Waals surface area contributed by atoms with Gasteiger partial charge in [-0.05, 0) is 6.08 Å². The molecule has 150 valence electrons. The van der Waals surface area contributed by atoms with Gasteiger partial charge in [0.25, 0.3) is 0 Å². The summed E-state index contributed by atoms with van der Waals surface area (Å²) in [6.07, 6.45) is 1.32. The van der Waals surface area contributed by atoms with E-state index in [0.29, 0.717) is 32.0 Å². The quantitative estimate of drug-likeness (QED) is 0.0999. The van der Waals surface area contributed by atoms with Crippen LogP contribution in [0.15, 0.2) is 12.7 Å². The third-order valence-electron chi connectivity index (χ3n) is 3.17. The van der Waals surface area contributed by atoms with Gasteiger partial charge in [0.2, 0.25) is 0 Å². The van der Waals surface area contributed by atoms with Crippen LogP contribution in [0.5, 0.6) is 0 Å². The Balaban J connectivity index is 5.24. The highest BCUT2D eigenvalue weighted by Gasteiger charge is 2.38. The number of phosphoric acid groups is 1. The molecule has 0 aromatic rings.